The molecule has 0 aliphatic carbocycles. The maximum Gasteiger partial charge on any atom is 0.259 e. The molecule has 0 radical (unpaired) electrons. The molecule has 0 bridgehead atoms. The minimum atomic E-state index is -0.117. The fourth-order valence-electron chi connectivity index (χ4n) is 2.81. The predicted molar refractivity (Wildman–Crippen MR) is 110 cm³/mol. The van der Waals surface area contributed by atoms with Gasteiger partial charge in [-0.1, -0.05) is 24.3 Å². The van der Waals surface area contributed by atoms with Crippen LogP contribution in [0.2, 0.25) is 0 Å². The molecule has 3 aromatic rings. The van der Waals surface area contributed by atoms with E-state index in [9.17, 15) is 4.79 Å². The molecule has 1 N–H and O–H groups in total. The van der Waals surface area contributed by atoms with E-state index in [-0.39, 0.29) is 5.91 Å². The molecular weight excluding hydrogens is 354 g/mol. The number of para-hydroxylation sites is 1. The molecular formula is C22H23N3O3. The topological polar surface area (TPSA) is 63.7 Å². The van der Waals surface area contributed by atoms with E-state index in [1.54, 1.807) is 44.6 Å². The number of hydrogen-bond donors (Lipinski definition) is 1. The molecule has 0 saturated carbocycles. The van der Waals surface area contributed by atoms with Gasteiger partial charge in [-0.25, -0.2) is 0 Å². The second-order valence-electron chi connectivity index (χ2n) is 6.20. The highest BCUT2D eigenvalue weighted by molar-refractivity contribution is 6.05. The van der Waals surface area contributed by atoms with Crippen LogP contribution in [0.4, 0.5) is 11.4 Å². The number of hydrogen-bond acceptors (Lipinski definition) is 5. The highest BCUT2D eigenvalue weighted by Crippen LogP contribution is 2.28. The lowest BCUT2D eigenvalue weighted by molar-refractivity contribution is 0.0992. The Hall–Kier alpha value is -3.54. The molecule has 28 heavy (non-hydrogen) atoms. The van der Waals surface area contributed by atoms with Gasteiger partial charge in [-0.2, -0.15) is 0 Å². The van der Waals surface area contributed by atoms with Crippen LogP contribution in [0.25, 0.3) is 0 Å². The normalized spacial score (nSPS) is 10.2. The van der Waals surface area contributed by atoms with Gasteiger partial charge in [0.05, 0.1) is 25.5 Å². The number of nitrogens with one attached hydrogen (secondary N) is 1. The average molecular weight is 377 g/mol. The van der Waals surface area contributed by atoms with Gasteiger partial charge >= 0.3 is 0 Å². The smallest absolute Gasteiger partial charge is 0.259 e. The van der Waals surface area contributed by atoms with Crippen molar-refractivity contribution in [2.75, 3.05) is 31.5 Å². The summed E-state index contributed by atoms with van der Waals surface area (Å²) in [4.78, 5) is 18.6. The zero-order chi connectivity index (χ0) is 19.9. The Morgan fingerprint density at radius 1 is 1.00 bits per heavy atom. The first kappa shape index (κ1) is 19.2. The Morgan fingerprint density at radius 3 is 2.46 bits per heavy atom. The Kier molecular flexibility index (Phi) is 6.11. The van der Waals surface area contributed by atoms with Crippen molar-refractivity contribution in [2.45, 2.75) is 6.54 Å². The molecule has 0 atom stereocenters. The van der Waals surface area contributed by atoms with Crippen LogP contribution in [0.1, 0.15) is 15.9 Å². The summed E-state index contributed by atoms with van der Waals surface area (Å²) in [5.41, 5.74) is 3.14. The van der Waals surface area contributed by atoms with Crippen LogP contribution < -0.4 is 19.7 Å². The van der Waals surface area contributed by atoms with E-state index in [4.69, 9.17) is 9.47 Å². The average Bonchev–Trinajstić information content (AvgIpc) is 2.77. The molecule has 0 aliphatic heterocycles. The van der Waals surface area contributed by atoms with Crippen LogP contribution in [0.3, 0.4) is 0 Å². The van der Waals surface area contributed by atoms with Crippen molar-refractivity contribution >= 4 is 17.3 Å². The standard InChI is InChI=1S/C22H23N3O3/c1-25(19-7-5-4-6-8-19)22(26)17-12-18(15-23-14-17)24-13-16-9-10-20(27-2)21(11-16)28-3/h4-12,14-15,24H,13H2,1-3H3. The Labute approximate surface area is 164 Å². The van der Waals surface area contributed by atoms with Gasteiger partial charge in [-0.3, -0.25) is 9.78 Å². The fourth-order valence-corrected chi connectivity index (χ4v) is 2.81. The van der Waals surface area contributed by atoms with Crippen LogP contribution >= 0.6 is 0 Å². The van der Waals surface area contributed by atoms with Gasteiger partial charge in [0.1, 0.15) is 0 Å². The number of amides is 1. The van der Waals surface area contributed by atoms with E-state index >= 15 is 0 Å². The van der Waals surface area contributed by atoms with Crippen molar-refractivity contribution in [1.29, 1.82) is 0 Å². The number of carbonyl (C=O) groups is 1. The molecule has 1 aromatic heterocycles. The van der Waals surface area contributed by atoms with Crippen LogP contribution in [-0.2, 0) is 6.54 Å². The van der Waals surface area contributed by atoms with E-state index in [0.29, 0.717) is 23.6 Å². The van der Waals surface area contributed by atoms with Crippen LogP contribution in [0, 0.1) is 0 Å². The molecule has 6 heteroatoms. The molecule has 0 aliphatic rings. The molecule has 0 unspecified atom stereocenters. The Balaban J connectivity index is 1.71. The third kappa shape index (κ3) is 4.40. The number of anilines is 2. The second-order valence-corrected chi connectivity index (χ2v) is 6.20. The minimum Gasteiger partial charge on any atom is -0.493 e. The van der Waals surface area contributed by atoms with Crippen molar-refractivity contribution in [3.05, 3.63) is 78.1 Å². The molecule has 0 spiro atoms. The van der Waals surface area contributed by atoms with Gasteiger partial charge in [-0.05, 0) is 35.9 Å². The monoisotopic (exact) mass is 377 g/mol. The highest BCUT2D eigenvalue weighted by Gasteiger charge is 2.14. The van der Waals surface area contributed by atoms with E-state index in [0.717, 1.165) is 16.9 Å². The van der Waals surface area contributed by atoms with E-state index in [2.05, 4.69) is 10.3 Å². The number of aromatic nitrogens is 1. The maximum absolute atomic E-state index is 12.8. The summed E-state index contributed by atoms with van der Waals surface area (Å²) in [6, 6.07) is 17.0. The summed E-state index contributed by atoms with van der Waals surface area (Å²) in [5.74, 6) is 1.24. The number of methoxy groups -OCH3 is 2. The number of benzene rings is 2. The van der Waals surface area contributed by atoms with Gasteiger partial charge in [0.2, 0.25) is 0 Å². The number of nitrogens with zero attached hydrogens (tertiary/aromatic N) is 2. The molecule has 1 amide bonds. The summed E-state index contributed by atoms with van der Waals surface area (Å²) in [6.07, 6.45) is 3.27. The van der Waals surface area contributed by atoms with E-state index in [1.165, 1.54) is 0 Å². The molecule has 144 valence electrons. The van der Waals surface area contributed by atoms with Gasteiger partial charge in [0.25, 0.3) is 5.91 Å². The summed E-state index contributed by atoms with van der Waals surface area (Å²) in [7, 11) is 4.97. The van der Waals surface area contributed by atoms with Crippen molar-refractivity contribution in [1.82, 2.24) is 4.98 Å². The van der Waals surface area contributed by atoms with E-state index in [1.807, 2.05) is 48.5 Å². The lowest BCUT2D eigenvalue weighted by Crippen LogP contribution is -2.26. The minimum absolute atomic E-state index is 0.117. The van der Waals surface area contributed by atoms with Crippen molar-refractivity contribution in [3.63, 3.8) is 0 Å². The first-order valence-electron chi connectivity index (χ1n) is 8.85. The quantitative estimate of drug-likeness (QED) is 0.675. The van der Waals surface area contributed by atoms with Gasteiger partial charge in [0.15, 0.2) is 11.5 Å². The van der Waals surface area contributed by atoms with Crippen molar-refractivity contribution in [2.24, 2.45) is 0 Å². The van der Waals surface area contributed by atoms with Gasteiger partial charge < -0.3 is 19.7 Å². The second kappa shape index (κ2) is 8.90. The number of rotatable bonds is 7. The Bertz CT molecular complexity index is 945. The number of carbonyl (C=O) groups excluding carboxylic acids is 1. The summed E-state index contributed by atoms with van der Waals surface area (Å²) in [6.45, 7) is 0.564. The van der Waals surface area contributed by atoms with Gasteiger partial charge in [0, 0.05) is 31.7 Å². The van der Waals surface area contributed by atoms with E-state index < -0.39 is 0 Å². The van der Waals surface area contributed by atoms with Crippen LogP contribution in [-0.4, -0.2) is 32.2 Å². The third-order valence-corrected chi connectivity index (χ3v) is 4.38. The predicted octanol–water partition coefficient (Wildman–Crippen LogP) is 3.99. The Morgan fingerprint density at radius 2 is 1.75 bits per heavy atom. The lowest BCUT2D eigenvalue weighted by atomic mass is 10.2. The number of ether oxygens (including phenoxy) is 2. The number of pyridine rings is 1. The molecule has 1 heterocycles. The highest BCUT2D eigenvalue weighted by atomic mass is 16.5. The molecule has 2 aromatic carbocycles. The summed E-state index contributed by atoms with van der Waals surface area (Å²) < 4.78 is 10.6. The van der Waals surface area contributed by atoms with Crippen LogP contribution in [0.5, 0.6) is 11.5 Å². The largest absolute Gasteiger partial charge is 0.493 e. The zero-order valence-electron chi connectivity index (χ0n) is 16.2. The lowest BCUT2D eigenvalue weighted by Gasteiger charge is -2.17. The molecule has 0 fully saturated rings. The van der Waals surface area contributed by atoms with Crippen molar-refractivity contribution in [3.8, 4) is 11.5 Å². The molecule has 0 saturated heterocycles. The fraction of sp³-hybridized carbons (Fsp3) is 0.182. The summed E-state index contributed by atoms with van der Waals surface area (Å²) >= 11 is 0. The maximum atomic E-state index is 12.8. The SMILES string of the molecule is COc1ccc(CNc2cncc(C(=O)N(C)c3ccccc3)c2)cc1OC. The van der Waals surface area contributed by atoms with Crippen LogP contribution in [0.15, 0.2) is 67.0 Å². The van der Waals surface area contributed by atoms with Gasteiger partial charge in [-0.15, -0.1) is 0 Å². The first-order valence-corrected chi connectivity index (χ1v) is 8.85. The molecule has 6 nitrogen and oxygen atoms in total. The zero-order valence-corrected chi connectivity index (χ0v) is 16.2. The molecule has 3 rings (SSSR count). The summed E-state index contributed by atoms with van der Waals surface area (Å²) in [5, 5.41) is 3.29. The van der Waals surface area contributed by atoms with Crippen molar-refractivity contribution < 1.29 is 14.3 Å². The third-order valence-electron chi connectivity index (χ3n) is 4.38. The first-order chi connectivity index (χ1) is 13.6.